The molecule has 1 aliphatic rings. The van der Waals surface area contributed by atoms with Crippen LogP contribution < -0.4 is 0 Å². The number of rotatable bonds is 4. The minimum absolute atomic E-state index is 0.0671. The van der Waals surface area contributed by atoms with E-state index in [1.165, 1.54) is 37.5 Å². The fourth-order valence-electron chi connectivity index (χ4n) is 2.70. The van der Waals surface area contributed by atoms with Crippen molar-refractivity contribution in [3.8, 4) is 6.19 Å². The van der Waals surface area contributed by atoms with E-state index in [0.29, 0.717) is 12.8 Å². The molecule has 0 bridgehead atoms. The van der Waals surface area contributed by atoms with Crippen molar-refractivity contribution in [3.05, 3.63) is 29.5 Å². The molecule has 8 nitrogen and oxygen atoms in total. The number of hydrogen-bond acceptors (Lipinski definition) is 6. The van der Waals surface area contributed by atoms with Crippen LogP contribution in [0.5, 0.6) is 0 Å². The highest BCUT2D eigenvalue weighted by molar-refractivity contribution is 7.89. The van der Waals surface area contributed by atoms with Crippen molar-refractivity contribution in [1.82, 2.24) is 4.31 Å². The number of hydroxylamine groups is 1. The van der Waals surface area contributed by atoms with Crippen molar-refractivity contribution in [1.29, 1.82) is 5.26 Å². The molecule has 0 heterocycles. The second kappa shape index (κ2) is 7.40. The van der Waals surface area contributed by atoms with E-state index in [9.17, 15) is 18.4 Å². The average molecular weight is 350 g/mol. The van der Waals surface area contributed by atoms with Gasteiger partial charge >= 0.3 is 6.19 Å². The molecule has 0 aliphatic heterocycles. The molecule has 1 amide bonds. The lowest BCUT2D eigenvalue weighted by molar-refractivity contribution is -0.433. The fraction of sp³-hybridized carbons (Fsp3) is 0.467. The third kappa shape index (κ3) is 3.89. The van der Waals surface area contributed by atoms with Crippen LogP contribution in [0.3, 0.4) is 0 Å². The summed E-state index contributed by atoms with van der Waals surface area (Å²) in [4.78, 5) is 12.2. The Morgan fingerprint density at radius 2 is 1.88 bits per heavy atom. The number of azo groups is 1. The zero-order chi connectivity index (χ0) is 17.7. The van der Waals surface area contributed by atoms with Gasteiger partial charge in [-0.2, -0.15) is 0 Å². The lowest BCUT2D eigenvalue weighted by Gasteiger charge is -2.26. The third-order valence-electron chi connectivity index (χ3n) is 4.05. The molecule has 0 atom stereocenters. The van der Waals surface area contributed by atoms with Crippen LogP contribution in [0.25, 0.3) is 0 Å². The van der Waals surface area contributed by atoms with Gasteiger partial charge in [0.25, 0.3) is 10.0 Å². The van der Waals surface area contributed by atoms with Crippen LogP contribution in [0.2, 0.25) is 0 Å². The third-order valence-corrected chi connectivity index (χ3v) is 5.82. The zero-order valence-electron chi connectivity index (χ0n) is 13.3. The molecule has 0 saturated heterocycles. The zero-order valence-corrected chi connectivity index (χ0v) is 14.1. The molecule has 24 heavy (non-hydrogen) atoms. The number of hydrogen-bond donors (Lipinski definition) is 0. The number of carbonyl (C=O) groups excluding carboxylic acids is 1. The number of nitrogens with zero attached hydrogens (tertiary/aromatic N) is 4. The van der Waals surface area contributed by atoms with Gasteiger partial charge in [0.2, 0.25) is 5.91 Å². The lowest BCUT2D eigenvalue weighted by Crippen LogP contribution is -2.38. The summed E-state index contributed by atoms with van der Waals surface area (Å²) in [6.07, 6.45) is 5.64. The molecule has 2 rings (SSSR count). The van der Waals surface area contributed by atoms with Crippen molar-refractivity contribution in [3.63, 3.8) is 0 Å². The van der Waals surface area contributed by atoms with Crippen LogP contribution in [0, 0.1) is 22.6 Å². The molecule has 0 aromatic heterocycles. The molecule has 1 aliphatic carbocycles. The van der Waals surface area contributed by atoms with E-state index >= 15 is 0 Å². The molecule has 1 aromatic carbocycles. The number of amides is 1. The van der Waals surface area contributed by atoms with Crippen LogP contribution in [-0.4, -0.2) is 30.5 Å². The van der Waals surface area contributed by atoms with E-state index in [2.05, 4.69) is 5.11 Å². The molecule has 9 heteroatoms. The first-order valence-electron chi connectivity index (χ1n) is 7.57. The summed E-state index contributed by atoms with van der Waals surface area (Å²) in [6, 6.07) is 5.11. The first-order chi connectivity index (χ1) is 11.4. The van der Waals surface area contributed by atoms with E-state index in [1.807, 2.05) is 0 Å². The maximum absolute atomic E-state index is 12.6. The van der Waals surface area contributed by atoms with Gasteiger partial charge in [0.1, 0.15) is 5.69 Å². The van der Waals surface area contributed by atoms with Crippen molar-refractivity contribution >= 4 is 21.6 Å². The predicted molar refractivity (Wildman–Crippen MR) is 84.3 cm³/mol. The maximum Gasteiger partial charge on any atom is 0.485 e. The van der Waals surface area contributed by atoms with Gasteiger partial charge < -0.3 is 5.21 Å². The molecule has 0 unspecified atom stereocenters. The normalized spacial score (nSPS) is 16.4. The molecule has 0 spiro atoms. The second-order valence-corrected chi connectivity index (χ2v) is 7.58. The highest BCUT2D eigenvalue weighted by atomic mass is 32.2. The van der Waals surface area contributed by atoms with E-state index in [4.69, 9.17) is 5.26 Å². The van der Waals surface area contributed by atoms with Gasteiger partial charge in [-0.25, -0.2) is 12.7 Å². The maximum atomic E-state index is 12.6. The summed E-state index contributed by atoms with van der Waals surface area (Å²) in [5.74, 6) is -0.642. The summed E-state index contributed by atoms with van der Waals surface area (Å²) in [7, 11) is -2.69. The molecule has 1 fully saturated rings. The van der Waals surface area contributed by atoms with E-state index in [0.717, 1.165) is 23.6 Å². The molecular weight excluding hydrogens is 332 g/mol. The Balaban J connectivity index is 2.20. The standard InChI is InChI=1S/C15H18N4O4S/c1-18(15(20)12-5-3-2-4-6-12)24(22,23)14-9-7-13(8-10-14)17-19(21)11-16/h7-10,12H,2-6H2,1H3. The molecular formula is C15H18N4O4S. The van der Waals surface area contributed by atoms with Gasteiger partial charge in [0.05, 0.1) is 4.90 Å². The number of sulfonamides is 1. The van der Waals surface area contributed by atoms with Crippen LogP contribution in [0.1, 0.15) is 32.1 Å². The van der Waals surface area contributed by atoms with Gasteiger partial charge in [-0.15, -0.1) is 0 Å². The van der Waals surface area contributed by atoms with E-state index in [-0.39, 0.29) is 21.4 Å². The predicted octanol–water partition coefficient (Wildman–Crippen LogP) is 2.49. The second-order valence-electron chi connectivity index (χ2n) is 5.61. The van der Waals surface area contributed by atoms with Gasteiger partial charge in [0, 0.05) is 13.0 Å². The van der Waals surface area contributed by atoms with Crippen LogP contribution in [0.15, 0.2) is 34.3 Å². The Morgan fingerprint density at radius 3 is 2.42 bits per heavy atom. The first-order valence-corrected chi connectivity index (χ1v) is 9.01. The van der Waals surface area contributed by atoms with Crippen molar-refractivity contribution in [2.75, 3.05) is 7.05 Å². The van der Waals surface area contributed by atoms with E-state index in [1.54, 1.807) is 0 Å². The van der Waals surface area contributed by atoms with Crippen molar-refractivity contribution in [2.45, 2.75) is 37.0 Å². The molecule has 0 N–H and O–H groups in total. The fourth-order valence-corrected chi connectivity index (χ4v) is 3.88. The SMILES string of the molecule is CN(C(=O)C1CCCCC1)S(=O)(=O)c1ccc(N=[N+]([O-])C#N)cc1. The minimum atomic E-state index is -3.95. The number of benzene rings is 1. The summed E-state index contributed by atoms with van der Waals surface area (Å²) in [6.45, 7) is 0. The van der Waals surface area contributed by atoms with Gasteiger partial charge in [-0.1, -0.05) is 29.2 Å². The molecule has 128 valence electrons. The van der Waals surface area contributed by atoms with Crippen LogP contribution in [0.4, 0.5) is 5.69 Å². The first kappa shape index (κ1) is 17.9. The quantitative estimate of drug-likeness (QED) is 0.272. The van der Waals surface area contributed by atoms with Crippen LogP contribution in [-0.2, 0) is 14.8 Å². The summed E-state index contributed by atoms with van der Waals surface area (Å²) in [5, 5.41) is 22.6. The smallest absolute Gasteiger partial charge is 0.485 e. The van der Waals surface area contributed by atoms with Crippen molar-refractivity contribution in [2.24, 2.45) is 11.0 Å². The Hall–Kier alpha value is -2.47. The Kier molecular flexibility index (Phi) is 5.51. The number of carbonyl (C=O) groups is 1. The Labute approximate surface area is 140 Å². The summed E-state index contributed by atoms with van der Waals surface area (Å²) in [5.41, 5.74) is 0.145. The monoisotopic (exact) mass is 350 g/mol. The van der Waals surface area contributed by atoms with Gasteiger partial charge in [0.15, 0.2) is 5.26 Å². The lowest BCUT2D eigenvalue weighted by atomic mass is 9.89. The van der Waals surface area contributed by atoms with Gasteiger partial charge in [-0.05, 0) is 37.1 Å². The molecule has 0 radical (unpaired) electrons. The molecule has 1 aromatic rings. The highest BCUT2D eigenvalue weighted by Crippen LogP contribution is 2.27. The summed E-state index contributed by atoms with van der Waals surface area (Å²) >= 11 is 0. The number of nitriles is 1. The minimum Gasteiger partial charge on any atom is -0.682 e. The van der Waals surface area contributed by atoms with Crippen LogP contribution >= 0.6 is 0 Å². The Morgan fingerprint density at radius 1 is 1.29 bits per heavy atom. The van der Waals surface area contributed by atoms with Crippen molar-refractivity contribution < 1.29 is 18.1 Å². The summed E-state index contributed by atoms with van der Waals surface area (Å²) < 4.78 is 25.9. The highest BCUT2D eigenvalue weighted by Gasteiger charge is 2.31. The average Bonchev–Trinajstić information content (AvgIpc) is 2.61. The topological polar surface area (TPSA) is 117 Å². The van der Waals surface area contributed by atoms with E-state index < -0.39 is 15.9 Å². The van der Waals surface area contributed by atoms with Gasteiger partial charge in [-0.3, -0.25) is 4.79 Å². The molecule has 1 saturated carbocycles. The Bertz CT molecular complexity index is 775. The largest absolute Gasteiger partial charge is 0.682 e.